The molecule has 1 fully saturated rings. The fraction of sp³-hybridized carbons (Fsp3) is 0.192. The molecule has 0 bridgehead atoms. The molecule has 1 aromatic carbocycles. The molecule has 6 nitrogen and oxygen atoms in total. The van der Waals surface area contributed by atoms with Gasteiger partial charge in [-0.2, -0.15) is 0 Å². The van der Waals surface area contributed by atoms with Crippen molar-refractivity contribution < 1.29 is 13.9 Å². The fourth-order valence-corrected chi connectivity index (χ4v) is 4.65. The average molecular weight is 477 g/mol. The summed E-state index contributed by atoms with van der Waals surface area (Å²) in [5.41, 5.74) is 3.68. The number of carbonyl (C=O) groups is 1. The van der Waals surface area contributed by atoms with Gasteiger partial charge in [0.25, 0.3) is 0 Å². The van der Waals surface area contributed by atoms with Crippen molar-refractivity contribution >= 4 is 28.5 Å². The summed E-state index contributed by atoms with van der Waals surface area (Å²) in [5.74, 6) is 0.0202. The van der Waals surface area contributed by atoms with Gasteiger partial charge in [0.15, 0.2) is 0 Å². The Balaban J connectivity index is 1.57. The van der Waals surface area contributed by atoms with Crippen LogP contribution in [-0.4, -0.2) is 45.0 Å². The molecule has 4 aromatic rings. The first kappa shape index (κ1) is 22.1. The zero-order valence-electron chi connectivity index (χ0n) is 18.3. The van der Waals surface area contributed by atoms with Crippen LogP contribution in [0.1, 0.15) is 12.8 Å². The van der Waals surface area contributed by atoms with Gasteiger partial charge in [-0.25, -0.2) is 4.39 Å². The quantitative estimate of drug-likeness (QED) is 0.365. The summed E-state index contributed by atoms with van der Waals surface area (Å²) in [6, 6.07) is 9.92. The van der Waals surface area contributed by atoms with Crippen molar-refractivity contribution in [2.75, 3.05) is 13.2 Å². The second-order valence-electron chi connectivity index (χ2n) is 8.11. The van der Waals surface area contributed by atoms with Crippen LogP contribution in [0.15, 0.2) is 67.6 Å². The minimum atomic E-state index is -0.404. The number of halogens is 2. The molecule has 0 spiro atoms. The summed E-state index contributed by atoms with van der Waals surface area (Å²) in [6.45, 7) is 4.59. The van der Waals surface area contributed by atoms with Crippen molar-refractivity contribution in [1.82, 2.24) is 19.9 Å². The molecule has 1 saturated heterocycles. The van der Waals surface area contributed by atoms with Gasteiger partial charge in [-0.05, 0) is 55.3 Å². The number of aromatic amines is 1. The number of likely N-dealkylation sites (tertiary alicyclic amines) is 1. The standard InChI is InChI=1S/C26H22ClFN4O2/c1-2-23(33)32-12-4-5-17(32)15-34-22-14-29-11-9-18(22)25-24(19-13-16(27)7-8-20(19)28)26-21(31-25)6-3-10-30-26/h2-3,6-11,13-14,17,31H,1,4-5,12,15H2/t17-/m0/s1. The topological polar surface area (TPSA) is 71.1 Å². The van der Waals surface area contributed by atoms with Crippen molar-refractivity contribution in [3.63, 3.8) is 0 Å². The molecule has 1 atom stereocenters. The van der Waals surface area contributed by atoms with E-state index in [1.54, 1.807) is 29.6 Å². The van der Waals surface area contributed by atoms with Gasteiger partial charge in [-0.3, -0.25) is 14.8 Å². The summed E-state index contributed by atoms with van der Waals surface area (Å²) in [6.07, 6.45) is 8.05. The van der Waals surface area contributed by atoms with Crippen LogP contribution >= 0.6 is 11.6 Å². The first-order chi connectivity index (χ1) is 16.6. The van der Waals surface area contributed by atoms with Gasteiger partial charge in [0, 0.05) is 40.7 Å². The lowest BCUT2D eigenvalue weighted by Crippen LogP contribution is -2.38. The molecule has 172 valence electrons. The summed E-state index contributed by atoms with van der Waals surface area (Å²) in [7, 11) is 0. The van der Waals surface area contributed by atoms with Crippen LogP contribution in [-0.2, 0) is 4.79 Å². The molecule has 0 aliphatic carbocycles. The number of benzene rings is 1. The third kappa shape index (κ3) is 4.03. The predicted octanol–water partition coefficient (Wildman–Crippen LogP) is 5.64. The van der Waals surface area contributed by atoms with E-state index in [9.17, 15) is 9.18 Å². The van der Waals surface area contributed by atoms with E-state index in [2.05, 4.69) is 21.5 Å². The van der Waals surface area contributed by atoms with Crippen molar-refractivity contribution in [3.05, 3.63) is 78.5 Å². The zero-order chi connectivity index (χ0) is 23.7. The number of hydrogen-bond donors (Lipinski definition) is 1. The average Bonchev–Trinajstić information content (AvgIpc) is 3.48. The highest BCUT2D eigenvalue weighted by molar-refractivity contribution is 6.31. The highest BCUT2D eigenvalue weighted by atomic mass is 35.5. The molecule has 34 heavy (non-hydrogen) atoms. The van der Waals surface area contributed by atoms with Crippen LogP contribution < -0.4 is 4.74 Å². The SMILES string of the molecule is C=CC(=O)N1CCC[C@H]1COc1cnccc1-c1[nH]c2cccnc2c1-c1cc(Cl)ccc1F. The van der Waals surface area contributed by atoms with Gasteiger partial charge in [0.05, 0.1) is 29.0 Å². The maximum Gasteiger partial charge on any atom is 0.246 e. The highest BCUT2D eigenvalue weighted by Gasteiger charge is 2.28. The predicted molar refractivity (Wildman–Crippen MR) is 130 cm³/mol. The Morgan fingerprint density at radius 3 is 3.03 bits per heavy atom. The second-order valence-corrected chi connectivity index (χ2v) is 8.55. The van der Waals surface area contributed by atoms with Crippen LogP contribution in [0.4, 0.5) is 4.39 Å². The van der Waals surface area contributed by atoms with E-state index >= 15 is 0 Å². The van der Waals surface area contributed by atoms with Crippen molar-refractivity contribution in [3.8, 4) is 28.1 Å². The Bertz CT molecular complexity index is 1390. The number of carbonyl (C=O) groups excluding carboxylic acids is 1. The summed E-state index contributed by atoms with van der Waals surface area (Å²) >= 11 is 6.22. The maximum atomic E-state index is 15.0. The monoisotopic (exact) mass is 476 g/mol. The van der Waals surface area contributed by atoms with E-state index in [4.69, 9.17) is 16.3 Å². The van der Waals surface area contributed by atoms with Crippen molar-refractivity contribution in [2.45, 2.75) is 18.9 Å². The third-order valence-corrected chi connectivity index (χ3v) is 6.31. The molecule has 1 aliphatic heterocycles. The number of hydrogen-bond acceptors (Lipinski definition) is 4. The van der Waals surface area contributed by atoms with Gasteiger partial charge in [-0.15, -0.1) is 0 Å². The van der Waals surface area contributed by atoms with E-state index in [0.29, 0.717) is 51.8 Å². The van der Waals surface area contributed by atoms with Crippen LogP contribution in [0.2, 0.25) is 5.02 Å². The number of H-pyrrole nitrogens is 1. The molecule has 1 N–H and O–H groups in total. The van der Waals surface area contributed by atoms with Gasteiger partial charge >= 0.3 is 0 Å². The van der Waals surface area contributed by atoms with Crippen LogP contribution in [0.25, 0.3) is 33.4 Å². The van der Waals surface area contributed by atoms with Crippen LogP contribution in [0.5, 0.6) is 5.75 Å². The summed E-state index contributed by atoms with van der Waals surface area (Å²) in [5, 5.41) is 0.423. The normalized spacial score (nSPS) is 15.6. The molecular formula is C26H22ClFN4O2. The second kappa shape index (κ2) is 9.27. The Morgan fingerprint density at radius 2 is 2.18 bits per heavy atom. The number of nitrogens with one attached hydrogen (secondary N) is 1. The molecule has 5 rings (SSSR count). The molecule has 0 saturated carbocycles. The molecule has 4 heterocycles. The molecule has 0 unspecified atom stereocenters. The minimum Gasteiger partial charge on any atom is -0.489 e. The largest absolute Gasteiger partial charge is 0.489 e. The molecule has 1 amide bonds. The van der Waals surface area contributed by atoms with Gasteiger partial charge in [-0.1, -0.05) is 18.2 Å². The lowest BCUT2D eigenvalue weighted by molar-refractivity contribution is -0.127. The van der Waals surface area contributed by atoms with Gasteiger partial charge < -0.3 is 14.6 Å². The van der Waals surface area contributed by atoms with Crippen molar-refractivity contribution in [2.24, 2.45) is 0 Å². The Morgan fingerprint density at radius 1 is 1.29 bits per heavy atom. The smallest absolute Gasteiger partial charge is 0.246 e. The molecule has 3 aromatic heterocycles. The Labute approximate surface area is 201 Å². The zero-order valence-corrected chi connectivity index (χ0v) is 19.1. The number of nitrogens with zero attached hydrogens (tertiary/aromatic N) is 3. The third-order valence-electron chi connectivity index (χ3n) is 6.07. The number of amides is 1. The summed E-state index contributed by atoms with van der Waals surface area (Å²) < 4.78 is 21.2. The maximum absolute atomic E-state index is 15.0. The Hall–Kier alpha value is -3.71. The number of fused-ring (bicyclic) bond motifs is 1. The number of aromatic nitrogens is 3. The first-order valence-electron chi connectivity index (χ1n) is 11.0. The molecule has 0 radical (unpaired) electrons. The van der Waals surface area contributed by atoms with E-state index in [-0.39, 0.29) is 11.9 Å². The van der Waals surface area contributed by atoms with Crippen LogP contribution in [0.3, 0.4) is 0 Å². The highest BCUT2D eigenvalue weighted by Crippen LogP contribution is 2.42. The molecule has 1 aliphatic rings. The fourth-order valence-electron chi connectivity index (χ4n) is 4.48. The van der Waals surface area contributed by atoms with E-state index < -0.39 is 5.82 Å². The van der Waals surface area contributed by atoms with E-state index in [0.717, 1.165) is 18.4 Å². The molecular weight excluding hydrogens is 455 g/mol. The van der Waals surface area contributed by atoms with Crippen LogP contribution in [0, 0.1) is 5.82 Å². The lowest BCUT2D eigenvalue weighted by atomic mass is 10.00. The molecule has 8 heteroatoms. The Kier molecular flexibility index (Phi) is 6.02. The lowest BCUT2D eigenvalue weighted by Gasteiger charge is -2.24. The van der Waals surface area contributed by atoms with Gasteiger partial charge in [0.1, 0.15) is 18.2 Å². The number of rotatable bonds is 6. The van der Waals surface area contributed by atoms with E-state index in [1.165, 1.54) is 18.2 Å². The van der Waals surface area contributed by atoms with Crippen molar-refractivity contribution in [1.29, 1.82) is 0 Å². The summed E-state index contributed by atoms with van der Waals surface area (Å²) in [4.78, 5) is 26.0. The number of pyridine rings is 2. The van der Waals surface area contributed by atoms with E-state index in [1.807, 2.05) is 18.2 Å². The minimum absolute atomic E-state index is 0.0484. The first-order valence-corrected chi connectivity index (χ1v) is 11.4. The number of ether oxygens (including phenoxy) is 1. The van der Waals surface area contributed by atoms with Gasteiger partial charge in [0.2, 0.25) is 5.91 Å².